The van der Waals surface area contributed by atoms with Crippen molar-refractivity contribution < 1.29 is 8.42 Å². The van der Waals surface area contributed by atoms with Gasteiger partial charge in [-0.15, -0.1) is 0 Å². The predicted molar refractivity (Wildman–Crippen MR) is 46.1 cm³/mol. The van der Waals surface area contributed by atoms with Crippen molar-refractivity contribution in [3.05, 3.63) is 22.8 Å². The molecule has 3 heteroatoms. The molecule has 0 aromatic heterocycles. The van der Waals surface area contributed by atoms with Crippen molar-refractivity contribution >= 4 is 9.84 Å². The first-order valence-electron chi connectivity index (χ1n) is 3.82. The molecule has 0 amide bonds. The van der Waals surface area contributed by atoms with E-state index in [-0.39, 0.29) is 0 Å². The highest BCUT2D eigenvalue weighted by molar-refractivity contribution is 7.92. The van der Waals surface area contributed by atoms with Gasteiger partial charge >= 0.3 is 0 Å². The van der Waals surface area contributed by atoms with Gasteiger partial charge in [-0.05, 0) is 43.5 Å². The third-order valence-electron chi connectivity index (χ3n) is 2.71. The van der Waals surface area contributed by atoms with Crippen LogP contribution in [-0.4, -0.2) is 8.42 Å². The molecular weight excluding hydrogens is 172 g/mol. The highest BCUT2D eigenvalue weighted by Crippen LogP contribution is 2.40. The molecule has 0 aliphatic carbocycles. The topological polar surface area (TPSA) is 34.1 Å². The minimum Gasteiger partial charge on any atom is -0.218 e. The summed E-state index contributed by atoms with van der Waals surface area (Å²) in [4.78, 5) is 1.03. The van der Waals surface area contributed by atoms with Gasteiger partial charge in [0.05, 0.1) is 9.79 Å². The van der Waals surface area contributed by atoms with Gasteiger partial charge in [0, 0.05) is 0 Å². The number of rotatable bonds is 0. The standard InChI is InChI=1S/C9H10O2S/c1-5-6(2)8-4-9(7(5)3)12(8,10)11/h4H,1-3H3. The van der Waals surface area contributed by atoms with E-state index < -0.39 is 9.84 Å². The van der Waals surface area contributed by atoms with Gasteiger partial charge in [0.25, 0.3) is 0 Å². The molecule has 2 bridgehead atoms. The van der Waals surface area contributed by atoms with Gasteiger partial charge in [-0.25, -0.2) is 8.42 Å². The van der Waals surface area contributed by atoms with Crippen molar-refractivity contribution in [2.45, 2.75) is 30.6 Å². The summed E-state index contributed by atoms with van der Waals surface area (Å²) in [5.74, 6) is 0. The molecule has 0 N–H and O–H groups in total. The Morgan fingerprint density at radius 3 is 1.67 bits per heavy atom. The van der Waals surface area contributed by atoms with E-state index in [4.69, 9.17) is 0 Å². The van der Waals surface area contributed by atoms with E-state index >= 15 is 0 Å². The average Bonchev–Trinajstić information content (AvgIpc) is 1.98. The fourth-order valence-electron chi connectivity index (χ4n) is 1.61. The first-order chi connectivity index (χ1) is 5.46. The molecule has 2 aliphatic heterocycles. The van der Waals surface area contributed by atoms with Gasteiger partial charge in [0.15, 0.2) is 0 Å². The van der Waals surface area contributed by atoms with E-state index in [9.17, 15) is 8.42 Å². The first-order valence-corrected chi connectivity index (χ1v) is 5.30. The molecule has 0 unspecified atom stereocenters. The fraction of sp³-hybridized carbons (Fsp3) is 0.333. The summed E-state index contributed by atoms with van der Waals surface area (Å²) in [6.45, 7) is 5.68. The number of fused-ring (bicyclic) bond motifs is 2. The lowest BCUT2D eigenvalue weighted by Crippen LogP contribution is -2.18. The monoisotopic (exact) mass is 182 g/mol. The van der Waals surface area contributed by atoms with Crippen LogP contribution >= 0.6 is 0 Å². The summed E-state index contributed by atoms with van der Waals surface area (Å²) < 4.78 is 22.9. The van der Waals surface area contributed by atoms with Gasteiger partial charge in [-0.1, -0.05) is 0 Å². The molecule has 2 heterocycles. The Hall–Kier alpha value is -0.830. The second kappa shape index (κ2) is 1.91. The minimum absolute atomic E-state index is 0.514. The van der Waals surface area contributed by atoms with Gasteiger partial charge < -0.3 is 0 Å². The molecule has 0 fully saturated rings. The van der Waals surface area contributed by atoms with Crippen LogP contribution in [0.15, 0.2) is 15.9 Å². The maximum Gasteiger partial charge on any atom is 0.207 e. The maximum absolute atomic E-state index is 11.4. The lowest BCUT2D eigenvalue weighted by Gasteiger charge is -2.23. The molecule has 1 aromatic carbocycles. The SMILES string of the molecule is Cc1c2cc(c(C)c1C)S2(=O)=O. The van der Waals surface area contributed by atoms with E-state index in [0.717, 1.165) is 16.7 Å². The second-order valence-electron chi connectivity index (χ2n) is 3.25. The van der Waals surface area contributed by atoms with Crippen molar-refractivity contribution in [2.75, 3.05) is 0 Å². The molecule has 2 nitrogen and oxygen atoms in total. The molecule has 0 spiro atoms. The van der Waals surface area contributed by atoms with Crippen LogP contribution in [-0.2, 0) is 9.84 Å². The summed E-state index contributed by atoms with van der Waals surface area (Å²) in [5.41, 5.74) is 2.92. The molecule has 1 aromatic rings. The number of benzene rings is 1. The van der Waals surface area contributed by atoms with E-state index in [2.05, 4.69) is 0 Å². The summed E-state index contributed by atoms with van der Waals surface area (Å²) in [6, 6.07) is 1.76. The molecule has 12 heavy (non-hydrogen) atoms. The van der Waals surface area contributed by atoms with Crippen LogP contribution in [0.1, 0.15) is 16.7 Å². The number of hydrogen-bond donors (Lipinski definition) is 0. The van der Waals surface area contributed by atoms with Crippen molar-refractivity contribution in [2.24, 2.45) is 0 Å². The third kappa shape index (κ3) is 0.630. The summed E-state index contributed by atoms with van der Waals surface area (Å²) in [5, 5.41) is 0. The van der Waals surface area contributed by atoms with Crippen LogP contribution < -0.4 is 0 Å². The van der Waals surface area contributed by atoms with Crippen molar-refractivity contribution in [1.82, 2.24) is 0 Å². The van der Waals surface area contributed by atoms with Crippen LogP contribution in [0.3, 0.4) is 0 Å². The largest absolute Gasteiger partial charge is 0.218 e. The molecular formula is C9H10O2S. The van der Waals surface area contributed by atoms with Crippen LogP contribution in [0.4, 0.5) is 0 Å². The van der Waals surface area contributed by atoms with E-state index in [1.807, 2.05) is 20.8 Å². The average molecular weight is 182 g/mol. The zero-order valence-electron chi connectivity index (χ0n) is 7.30. The normalized spacial score (nSPS) is 17.2. The third-order valence-corrected chi connectivity index (χ3v) is 4.71. The Balaban J connectivity index is 2.96. The Morgan fingerprint density at radius 2 is 1.33 bits per heavy atom. The van der Waals surface area contributed by atoms with Crippen molar-refractivity contribution in [3.8, 4) is 0 Å². The molecule has 0 saturated carbocycles. The quantitative estimate of drug-likeness (QED) is 0.622. The van der Waals surface area contributed by atoms with Crippen LogP contribution in [0.5, 0.6) is 0 Å². The Morgan fingerprint density at radius 1 is 0.917 bits per heavy atom. The lowest BCUT2D eigenvalue weighted by atomic mass is 10.0. The Kier molecular flexibility index (Phi) is 1.24. The van der Waals surface area contributed by atoms with Gasteiger partial charge in [0.1, 0.15) is 0 Å². The zero-order chi connectivity index (χ0) is 9.09. The number of hydrogen-bond acceptors (Lipinski definition) is 2. The summed E-state index contributed by atoms with van der Waals surface area (Å²) >= 11 is 0. The van der Waals surface area contributed by atoms with E-state index in [1.54, 1.807) is 6.07 Å². The lowest BCUT2D eigenvalue weighted by molar-refractivity contribution is 0.586. The highest BCUT2D eigenvalue weighted by Gasteiger charge is 2.34. The molecule has 2 aliphatic rings. The molecule has 64 valence electrons. The van der Waals surface area contributed by atoms with Gasteiger partial charge in [0.2, 0.25) is 9.84 Å². The van der Waals surface area contributed by atoms with E-state index in [1.165, 1.54) is 0 Å². The number of sulfone groups is 1. The Bertz CT molecular complexity index is 436. The van der Waals surface area contributed by atoms with Crippen LogP contribution in [0.2, 0.25) is 0 Å². The summed E-state index contributed by atoms with van der Waals surface area (Å²) in [7, 11) is -3.01. The minimum atomic E-state index is -3.01. The van der Waals surface area contributed by atoms with Crippen LogP contribution in [0.25, 0.3) is 0 Å². The second-order valence-corrected chi connectivity index (χ2v) is 5.14. The Labute approximate surface area is 72.1 Å². The maximum atomic E-state index is 11.4. The zero-order valence-corrected chi connectivity index (χ0v) is 8.12. The van der Waals surface area contributed by atoms with E-state index in [0.29, 0.717) is 9.79 Å². The molecule has 0 atom stereocenters. The van der Waals surface area contributed by atoms with Crippen molar-refractivity contribution in [3.63, 3.8) is 0 Å². The summed E-state index contributed by atoms with van der Waals surface area (Å²) in [6.07, 6.45) is 0. The van der Waals surface area contributed by atoms with Crippen LogP contribution in [0, 0.1) is 20.8 Å². The van der Waals surface area contributed by atoms with Gasteiger partial charge in [-0.2, -0.15) is 0 Å². The first kappa shape index (κ1) is 7.80. The van der Waals surface area contributed by atoms with Gasteiger partial charge in [-0.3, -0.25) is 0 Å². The molecule has 0 saturated heterocycles. The fourth-order valence-corrected chi connectivity index (χ4v) is 3.31. The smallest absolute Gasteiger partial charge is 0.207 e. The predicted octanol–water partition coefficient (Wildman–Crippen LogP) is 1.76. The molecule has 3 rings (SSSR count). The highest BCUT2D eigenvalue weighted by atomic mass is 32.2. The van der Waals surface area contributed by atoms with Crippen molar-refractivity contribution in [1.29, 1.82) is 0 Å². The molecule has 0 radical (unpaired) electrons.